The average Bonchev–Trinajstić information content (AvgIpc) is 3.17. The highest BCUT2D eigenvalue weighted by atomic mass is 35.5. The van der Waals surface area contributed by atoms with Crippen LogP contribution in [0.1, 0.15) is 45.6 Å². The zero-order valence-corrected chi connectivity index (χ0v) is 16.2. The van der Waals surface area contributed by atoms with Gasteiger partial charge in [-0.15, -0.1) is 0 Å². The predicted octanol–water partition coefficient (Wildman–Crippen LogP) is 2.18. The molecule has 0 aromatic carbocycles. The van der Waals surface area contributed by atoms with Crippen molar-refractivity contribution in [3.05, 3.63) is 39.6 Å². The molecule has 8 nitrogen and oxygen atoms in total. The third-order valence-electron chi connectivity index (χ3n) is 4.27. The van der Waals surface area contributed by atoms with Crippen molar-refractivity contribution in [2.45, 2.75) is 33.2 Å². The highest BCUT2D eigenvalue weighted by Crippen LogP contribution is 2.29. The lowest BCUT2D eigenvalue weighted by Gasteiger charge is -2.09. The number of sulfone groups is 1. The van der Waals surface area contributed by atoms with Crippen molar-refractivity contribution in [1.29, 1.82) is 0 Å². The quantitative estimate of drug-likeness (QED) is 0.627. The summed E-state index contributed by atoms with van der Waals surface area (Å²) in [4.78, 5) is 12.1. The van der Waals surface area contributed by atoms with Gasteiger partial charge in [-0.3, -0.25) is 4.79 Å². The minimum Gasteiger partial charge on any atom is -0.466 e. The minimum absolute atomic E-state index is 0.0281. The molecule has 0 saturated carbocycles. The van der Waals surface area contributed by atoms with Crippen molar-refractivity contribution >= 4 is 33.6 Å². The third-order valence-corrected chi connectivity index (χ3v) is 6.40. The van der Waals surface area contributed by atoms with Crippen LogP contribution in [-0.4, -0.2) is 41.8 Å². The van der Waals surface area contributed by atoms with E-state index in [1.807, 2.05) is 0 Å². The Bertz CT molecular complexity index is 990. The van der Waals surface area contributed by atoms with Gasteiger partial charge in [-0.2, -0.15) is 10.2 Å². The minimum atomic E-state index is -3.04. The van der Waals surface area contributed by atoms with Crippen LogP contribution in [0.2, 0.25) is 5.15 Å². The van der Waals surface area contributed by atoms with Crippen molar-refractivity contribution in [2.24, 2.45) is 5.10 Å². The maximum absolute atomic E-state index is 12.1. The normalized spacial score (nSPS) is 19.3. The second kappa shape index (κ2) is 6.88. The topological polar surface area (TPSA) is 107 Å². The number of halogens is 1. The molecule has 0 spiro atoms. The third kappa shape index (κ3) is 3.68. The number of hydrogen-bond donors (Lipinski definition) is 1. The van der Waals surface area contributed by atoms with Crippen LogP contribution in [0.3, 0.4) is 0 Å². The summed E-state index contributed by atoms with van der Waals surface area (Å²) in [6.07, 6.45) is 1.89. The summed E-state index contributed by atoms with van der Waals surface area (Å²) < 4.78 is 30.2. The van der Waals surface area contributed by atoms with Gasteiger partial charge in [0.15, 0.2) is 9.84 Å². The molecule has 2 aromatic heterocycles. The van der Waals surface area contributed by atoms with E-state index in [0.717, 1.165) is 0 Å². The summed E-state index contributed by atoms with van der Waals surface area (Å²) >= 11 is 6.35. The maximum Gasteiger partial charge on any atom is 0.274 e. The molecule has 1 atom stereocenters. The van der Waals surface area contributed by atoms with E-state index in [1.165, 1.54) is 10.9 Å². The van der Waals surface area contributed by atoms with E-state index in [-0.39, 0.29) is 17.5 Å². The Kier molecular flexibility index (Phi) is 4.94. The van der Waals surface area contributed by atoms with E-state index < -0.39 is 15.7 Å². The van der Waals surface area contributed by atoms with Gasteiger partial charge in [-0.05, 0) is 33.3 Å². The van der Waals surface area contributed by atoms with Crippen molar-refractivity contribution in [3.63, 3.8) is 0 Å². The fourth-order valence-electron chi connectivity index (χ4n) is 2.96. The summed E-state index contributed by atoms with van der Waals surface area (Å²) in [6.45, 7) is 5.21. The molecule has 0 bridgehead atoms. The van der Waals surface area contributed by atoms with Gasteiger partial charge in [0, 0.05) is 0 Å². The number of hydrazone groups is 1. The molecule has 3 heterocycles. The SMILES string of the molecule is Cc1cc(C(=O)N/N=C\c2c(C)nn([C@@H]3CCS(=O)(=O)C3)c2Cl)c(C)o1. The number of furan rings is 1. The lowest BCUT2D eigenvalue weighted by atomic mass is 10.2. The number of rotatable bonds is 4. The molecule has 3 rings (SSSR count). The van der Waals surface area contributed by atoms with Crippen LogP contribution in [0.15, 0.2) is 15.6 Å². The van der Waals surface area contributed by atoms with Gasteiger partial charge in [0.25, 0.3) is 5.91 Å². The molecule has 0 unspecified atom stereocenters. The summed E-state index contributed by atoms with van der Waals surface area (Å²) in [5.41, 5.74) is 3.98. The second-order valence-electron chi connectivity index (χ2n) is 6.32. The Balaban J connectivity index is 1.75. The Labute approximate surface area is 156 Å². The van der Waals surface area contributed by atoms with Gasteiger partial charge in [0.05, 0.1) is 40.6 Å². The number of amides is 1. The highest BCUT2D eigenvalue weighted by molar-refractivity contribution is 7.91. The Morgan fingerprint density at radius 1 is 1.46 bits per heavy atom. The van der Waals surface area contributed by atoms with E-state index in [9.17, 15) is 13.2 Å². The Hall–Kier alpha value is -2.13. The molecule has 10 heteroatoms. The number of aromatic nitrogens is 2. The molecular weight excluding hydrogens is 380 g/mol. The molecule has 1 aliphatic heterocycles. The number of nitrogens with one attached hydrogen (secondary N) is 1. The van der Waals surface area contributed by atoms with Crippen LogP contribution in [-0.2, 0) is 9.84 Å². The highest BCUT2D eigenvalue weighted by Gasteiger charge is 2.31. The summed E-state index contributed by atoms with van der Waals surface area (Å²) in [7, 11) is -3.04. The Morgan fingerprint density at radius 2 is 2.19 bits per heavy atom. The first-order valence-corrected chi connectivity index (χ1v) is 10.2. The van der Waals surface area contributed by atoms with E-state index in [0.29, 0.717) is 39.9 Å². The molecule has 26 heavy (non-hydrogen) atoms. The van der Waals surface area contributed by atoms with Crippen molar-refractivity contribution < 1.29 is 17.6 Å². The Morgan fingerprint density at radius 3 is 2.77 bits per heavy atom. The molecular formula is C16H19ClN4O4S. The van der Waals surface area contributed by atoms with Crippen LogP contribution < -0.4 is 5.43 Å². The molecule has 1 amide bonds. The number of aryl methyl sites for hydroxylation is 3. The first-order valence-electron chi connectivity index (χ1n) is 8.03. The first-order chi connectivity index (χ1) is 12.2. The van der Waals surface area contributed by atoms with Gasteiger partial charge in [0.1, 0.15) is 16.7 Å². The van der Waals surface area contributed by atoms with Gasteiger partial charge < -0.3 is 4.42 Å². The fraction of sp³-hybridized carbons (Fsp3) is 0.438. The van der Waals surface area contributed by atoms with E-state index in [1.54, 1.807) is 26.8 Å². The molecule has 0 radical (unpaired) electrons. The van der Waals surface area contributed by atoms with Gasteiger partial charge >= 0.3 is 0 Å². The van der Waals surface area contributed by atoms with Gasteiger partial charge in [0.2, 0.25) is 0 Å². The van der Waals surface area contributed by atoms with Crippen LogP contribution in [0.25, 0.3) is 0 Å². The molecule has 0 aliphatic carbocycles. The summed E-state index contributed by atoms with van der Waals surface area (Å²) in [6, 6.07) is 1.36. The number of carbonyl (C=O) groups excluding carboxylic acids is 1. The molecule has 1 N–H and O–H groups in total. The summed E-state index contributed by atoms with van der Waals surface area (Å²) in [5.74, 6) is 0.928. The van der Waals surface area contributed by atoms with Crippen LogP contribution in [0, 0.1) is 20.8 Å². The van der Waals surface area contributed by atoms with Gasteiger partial charge in [-0.1, -0.05) is 11.6 Å². The van der Waals surface area contributed by atoms with Crippen LogP contribution >= 0.6 is 11.6 Å². The molecule has 1 saturated heterocycles. The number of hydrogen-bond acceptors (Lipinski definition) is 6. The van der Waals surface area contributed by atoms with Crippen LogP contribution in [0.4, 0.5) is 0 Å². The standard InChI is InChI=1S/C16H19ClN4O4S/c1-9-6-13(11(3)25-9)16(22)19-18-7-14-10(2)20-21(15(14)17)12-4-5-26(23,24)8-12/h6-7,12H,4-5,8H2,1-3H3,(H,19,22)/b18-7-/t12-/m1/s1. The monoisotopic (exact) mass is 398 g/mol. The van der Waals surface area contributed by atoms with Crippen molar-refractivity contribution in [3.8, 4) is 0 Å². The van der Waals surface area contributed by atoms with E-state index in [2.05, 4.69) is 15.6 Å². The largest absolute Gasteiger partial charge is 0.466 e. The fourth-order valence-corrected chi connectivity index (χ4v) is 5.01. The zero-order chi connectivity index (χ0) is 19.1. The molecule has 2 aromatic rings. The predicted molar refractivity (Wildman–Crippen MR) is 97.5 cm³/mol. The second-order valence-corrected chi connectivity index (χ2v) is 8.90. The molecule has 1 aliphatic rings. The first kappa shape index (κ1) is 18.7. The van der Waals surface area contributed by atoms with Crippen molar-refractivity contribution in [1.82, 2.24) is 15.2 Å². The molecule has 1 fully saturated rings. The van der Waals surface area contributed by atoms with Crippen LogP contribution in [0.5, 0.6) is 0 Å². The van der Waals surface area contributed by atoms with E-state index >= 15 is 0 Å². The zero-order valence-electron chi connectivity index (χ0n) is 14.6. The van der Waals surface area contributed by atoms with Crippen molar-refractivity contribution in [2.75, 3.05) is 11.5 Å². The number of nitrogens with zero attached hydrogens (tertiary/aromatic N) is 3. The smallest absolute Gasteiger partial charge is 0.274 e. The average molecular weight is 399 g/mol. The lowest BCUT2D eigenvalue weighted by molar-refractivity contribution is 0.0953. The molecule has 140 valence electrons. The number of carbonyl (C=O) groups is 1. The van der Waals surface area contributed by atoms with Gasteiger partial charge in [-0.25, -0.2) is 18.5 Å². The summed E-state index contributed by atoms with van der Waals surface area (Å²) in [5, 5.41) is 8.57. The lowest BCUT2D eigenvalue weighted by Crippen LogP contribution is -2.17. The maximum atomic E-state index is 12.1. The van der Waals surface area contributed by atoms with E-state index in [4.69, 9.17) is 16.0 Å².